The van der Waals surface area contributed by atoms with E-state index in [1.165, 1.54) is 5.56 Å². The summed E-state index contributed by atoms with van der Waals surface area (Å²) < 4.78 is 10.9. The molecule has 0 aromatic heterocycles. The van der Waals surface area contributed by atoms with Gasteiger partial charge in [-0.3, -0.25) is 4.79 Å². The van der Waals surface area contributed by atoms with Crippen molar-refractivity contribution in [3.05, 3.63) is 53.1 Å². The molecule has 5 heteroatoms. The second kappa shape index (κ2) is 5.74. The Morgan fingerprint density at radius 3 is 2.58 bits per heavy atom. The molecule has 0 bridgehead atoms. The molecule has 4 rings (SSSR count). The molecule has 0 fully saturated rings. The third kappa shape index (κ3) is 2.56. The fraction of sp³-hybridized carbons (Fsp3) is 0.316. The fourth-order valence-corrected chi connectivity index (χ4v) is 3.22. The van der Waals surface area contributed by atoms with E-state index < -0.39 is 0 Å². The molecule has 5 nitrogen and oxygen atoms in total. The van der Waals surface area contributed by atoms with Crippen LogP contribution in [0.5, 0.6) is 11.5 Å². The molecule has 2 aliphatic heterocycles. The molecule has 2 aliphatic rings. The van der Waals surface area contributed by atoms with E-state index in [2.05, 4.69) is 0 Å². The van der Waals surface area contributed by atoms with Crippen molar-refractivity contribution in [1.82, 2.24) is 4.90 Å². The van der Waals surface area contributed by atoms with Gasteiger partial charge in [-0.15, -0.1) is 0 Å². The van der Waals surface area contributed by atoms with Gasteiger partial charge in [0.1, 0.15) is 0 Å². The van der Waals surface area contributed by atoms with Crippen molar-refractivity contribution < 1.29 is 14.3 Å². The molecule has 2 heterocycles. The number of amides is 1. The minimum atomic E-state index is 0.0713. The Kier molecular flexibility index (Phi) is 3.56. The number of carbonyl (C=O) groups excluding carboxylic acids is 1. The average molecular weight is 324 g/mol. The largest absolute Gasteiger partial charge is 0.454 e. The molecule has 0 unspecified atom stereocenters. The van der Waals surface area contributed by atoms with Crippen LogP contribution in [0.4, 0.5) is 5.69 Å². The lowest BCUT2D eigenvalue weighted by Gasteiger charge is -2.29. The van der Waals surface area contributed by atoms with E-state index in [0.717, 1.165) is 41.3 Å². The molecule has 0 spiro atoms. The lowest BCUT2D eigenvalue weighted by molar-refractivity contribution is 0.0734. The molecule has 24 heavy (non-hydrogen) atoms. The van der Waals surface area contributed by atoms with Crippen molar-refractivity contribution >= 4 is 11.6 Å². The van der Waals surface area contributed by atoms with Crippen LogP contribution in [-0.2, 0) is 13.0 Å². The Balaban J connectivity index is 1.58. The summed E-state index contributed by atoms with van der Waals surface area (Å²) in [5.41, 5.74) is 4.14. The number of fused-ring (bicyclic) bond motifs is 2. The average Bonchev–Trinajstić information content (AvgIpc) is 3.05. The summed E-state index contributed by atoms with van der Waals surface area (Å²) in [6.07, 6.45) is 0.838. The first-order valence-corrected chi connectivity index (χ1v) is 8.10. The van der Waals surface area contributed by atoms with Crippen LogP contribution in [0.2, 0.25) is 0 Å². The third-order valence-electron chi connectivity index (χ3n) is 4.60. The summed E-state index contributed by atoms with van der Waals surface area (Å²) in [7, 11) is 3.95. The van der Waals surface area contributed by atoms with Gasteiger partial charge in [0.2, 0.25) is 6.79 Å². The molecular weight excluding hydrogens is 304 g/mol. The normalized spacial score (nSPS) is 15.2. The van der Waals surface area contributed by atoms with Crippen molar-refractivity contribution in [2.75, 3.05) is 32.3 Å². The Morgan fingerprint density at radius 2 is 1.83 bits per heavy atom. The number of ether oxygens (including phenoxy) is 2. The van der Waals surface area contributed by atoms with Gasteiger partial charge in [0, 0.05) is 38.4 Å². The van der Waals surface area contributed by atoms with Gasteiger partial charge in [0.05, 0.1) is 0 Å². The van der Waals surface area contributed by atoms with Gasteiger partial charge in [-0.25, -0.2) is 0 Å². The minimum absolute atomic E-state index is 0.0713. The van der Waals surface area contributed by atoms with E-state index >= 15 is 0 Å². The van der Waals surface area contributed by atoms with E-state index in [4.69, 9.17) is 9.47 Å². The Morgan fingerprint density at radius 1 is 1.08 bits per heavy atom. The van der Waals surface area contributed by atoms with Gasteiger partial charge in [0.25, 0.3) is 5.91 Å². The van der Waals surface area contributed by atoms with Crippen molar-refractivity contribution in [2.45, 2.75) is 13.0 Å². The van der Waals surface area contributed by atoms with Crippen LogP contribution in [-0.4, -0.2) is 38.2 Å². The summed E-state index contributed by atoms with van der Waals surface area (Å²) in [4.78, 5) is 16.8. The number of nitrogens with zero attached hydrogens (tertiary/aromatic N) is 2. The van der Waals surface area contributed by atoms with Gasteiger partial charge >= 0.3 is 0 Å². The van der Waals surface area contributed by atoms with Gasteiger partial charge < -0.3 is 19.3 Å². The van der Waals surface area contributed by atoms with E-state index in [1.807, 2.05) is 60.3 Å². The van der Waals surface area contributed by atoms with Crippen LogP contribution in [0.1, 0.15) is 21.5 Å². The molecule has 2 aromatic carbocycles. The highest BCUT2D eigenvalue weighted by Gasteiger charge is 2.25. The van der Waals surface area contributed by atoms with Crippen LogP contribution in [0.25, 0.3) is 0 Å². The predicted octanol–water partition coefficient (Wildman–Crippen LogP) is 2.68. The van der Waals surface area contributed by atoms with E-state index in [1.54, 1.807) is 0 Å². The molecule has 0 N–H and O–H groups in total. The molecule has 0 saturated carbocycles. The van der Waals surface area contributed by atoms with Crippen molar-refractivity contribution in [1.29, 1.82) is 0 Å². The molecule has 0 aliphatic carbocycles. The molecule has 0 saturated heterocycles. The number of hydrogen-bond acceptors (Lipinski definition) is 4. The SMILES string of the molecule is CN(C)c1cccc(C(=O)N2CCc3cc4c(cc3C2)OCO4)c1. The summed E-state index contributed by atoms with van der Waals surface area (Å²) in [5.74, 6) is 1.66. The highest BCUT2D eigenvalue weighted by molar-refractivity contribution is 5.95. The fourth-order valence-electron chi connectivity index (χ4n) is 3.22. The lowest BCUT2D eigenvalue weighted by Crippen LogP contribution is -2.36. The van der Waals surface area contributed by atoms with E-state index in [0.29, 0.717) is 6.54 Å². The van der Waals surface area contributed by atoms with Crippen LogP contribution in [0.3, 0.4) is 0 Å². The Bertz CT molecular complexity index is 801. The highest BCUT2D eigenvalue weighted by atomic mass is 16.7. The van der Waals surface area contributed by atoms with E-state index in [-0.39, 0.29) is 12.7 Å². The lowest BCUT2D eigenvalue weighted by atomic mass is 9.98. The predicted molar refractivity (Wildman–Crippen MR) is 91.8 cm³/mol. The van der Waals surface area contributed by atoms with Crippen LogP contribution in [0.15, 0.2) is 36.4 Å². The first kappa shape index (κ1) is 14.9. The zero-order chi connectivity index (χ0) is 16.7. The first-order chi connectivity index (χ1) is 11.6. The van der Waals surface area contributed by atoms with Gasteiger partial charge in [-0.2, -0.15) is 0 Å². The van der Waals surface area contributed by atoms with Crippen molar-refractivity contribution in [2.24, 2.45) is 0 Å². The summed E-state index contributed by atoms with van der Waals surface area (Å²) in [6, 6.07) is 11.8. The quantitative estimate of drug-likeness (QED) is 0.852. The molecular formula is C19H20N2O3. The molecule has 1 amide bonds. The number of hydrogen-bond donors (Lipinski definition) is 0. The summed E-state index contributed by atoms with van der Waals surface area (Å²) in [5, 5.41) is 0. The Labute approximate surface area is 141 Å². The monoisotopic (exact) mass is 324 g/mol. The standard InChI is InChI=1S/C19H20N2O3/c1-20(2)16-5-3-4-14(8-16)19(22)21-7-6-13-9-17-18(24-12-23-17)10-15(13)11-21/h3-5,8-10H,6-7,11-12H2,1-2H3. The third-order valence-corrected chi connectivity index (χ3v) is 4.60. The zero-order valence-corrected chi connectivity index (χ0v) is 13.9. The number of rotatable bonds is 2. The first-order valence-electron chi connectivity index (χ1n) is 8.10. The van der Waals surface area contributed by atoms with Gasteiger partial charge in [-0.1, -0.05) is 6.07 Å². The second-order valence-corrected chi connectivity index (χ2v) is 6.40. The maximum Gasteiger partial charge on any atom is 0.254 e. The maximum absolute atomic E-state index is 12.9. The van der Waals surface area contributed by atoms with Crippen molar-refractivity contribution in [3.8, 4) is 11.5 Å². The highest BCUT2D eigenvalue weighted by Crippen LogP contribution is 2.37. The number of anilines is 1. The maximum atomic E-state index is 12.9. The van der Waals surface area contributed by atoms with Crippen molar-refractivity contribution in [3.63, 3.8) is 0 Å². The second-order valence-electron chi connectivity index (χ2n) is 6.40. The molecule has 2 aromatic rings. The minimum Gasteiger partial charge on any atom is -0.454 e. The van der Waals surface area contributed by atoms with Crippen LogP contribution in [0, 0.1) is 0 Å². The molecule has 0 atom stereocenters. The molecule has 124 valence electrons. The number of carbonyl (C=O) groups is 1. The smallest absolute Gasteiger partial charge is 0.254 e. The number of benzene rings is 2. The Hall–Kier alpha value is -2.69. The topological polar surface area (TPSA) is 42.0 Å². The summed E-state index contributed by atoms with van der Waals surface area (Å²) in [6.45, 7) is 1.60. The van der Waals surface area contributed by atoms with Gasteiger partial charge in [-0.05, 0) is 47.9 Å². The van der Waals surface area contributed by atoms with Crippen LogP contribution >= 0.6 is 0 Å². The van der Waals surface area contributed by atoms with Crippen LogP contribution < -0.4 is 14.4 Å². The van der Waals surface area contributed by atoms with Gasteiger partial charge in [0.15, 0.2) is 11.5 Å². The summed E-state index contributed by atoms with van der Waals surface area (Å²) >= 11 is 0. The molecule has 0 radical (unpaired) electrons. The zero-order valence-electron chi connectivity index (χ0n) is 13.9. The van der Waals surface area contributed by atoms with E-state index in [9.17, 15) is 4.79 Å².